The van der Waals surface area contributed by atoms with Crippen LogP contribution in [0, 0.1) is 0 Å². The lowest BCUT2D eigenvalue weighted by atomic mass is 10.0. The van der Waals surface area contributed by atoms with Crippen LogP contribution in [0.15, 0.2) is 0 Å². The highest BCUT2D eigenvalue weighted by molar-refractivity contribution is 6.06. The van der Waals surface area contributed by atoms with Crippen molar-refractivity contribution in [2.75, 3.05) is 26.2 Å². The Hall–Kier alpha value is -3.20. The van der Waals surface area contributed by atoms with Gasteiger partial charge in [-0.05, 0) is 70.6 Å². The molecule has 0 fully saturated rings. The van der Waals surface area contributed by atoms with E-state index >= 15 is 0 Å². The molecule has 0 heterocycles. The second-order valence-electron chi connectivity index (χ2n) is 14.9. The molecule has 0 unspecified atom stereocenters. The third-order valence-corrected chi connectivity index (χ3v) is 9.82. The minimum absolute atomic E-state index is 0.0203. The predicted octanol–water partition coefficient (Wildman–Crippen LogP) is 4.38. The molecule has 4 amide bonds. The Labute approximate surface area is 332 Å². The molecule has 0 spiro atoms. The lowest BCUT2D eigenvalue weighted by Gasteiger charge is -2.12. The Morgan fingerprint density at radius 1 is 0.436 bits per heavy atom. The average molecular weight is 781 g/mol. The molecule has 0 aliphatic heterocycles. The molecular weight excluding hydrogens is 703 g/mol. The molecular formula is C40H77BN6O8. The molecule has 0 aliphatic rings. The Morgan fingerprint density at radius 3 is 1.22 bits per heavy atom. The number of amides is 4. The van der Waals surface area contributed by atoms with Crippen molar-refractivity contribution in [3.05, 3.63) is 0 Å². The number of hydrogen-bond acceptors (Lipinski definition) is 8. The number of nitrogens with one attached hydrogen (secondary N) is 5. The fraction of sp³-hybridized carbons (Fsp3) is 0.850. The maximum absolute atomic E-state index is 12.3. The van der Waals surface area contributed by atoms with Gasteiger partial charge in [0.1, 0.15) is 0 Å². The number of carbonyl (C=O) groups excluding carboxylic acids is 4. The van der Waals surface area contributed by atoms with Gasteiger partial charge in [0.15, 0.2) is 7.98 Å². The van der Waals surface area contributed by atoms with Crippen molar-refractivity contribution in [2.24, 2.45) is 5.73 Å². The summed E-state index contributed by atoms with van der Waals surface area (Å²) in [6, 6.07) is -1.16. The zero-order chi connectivity index (χ0) is 40.8. The molecule has 55 heavy (non-hydrogen) atoms. The summed E-state index contributed by atoms with van der Waals surface area (Å²) in [5, 5.41) is 31.9. The molecule has 0 radical (unpaired) electrons. The van der Waals surface area contributed by atoms with Gasteiger partial charge in [-0.25, -0.2) is 0 Å². The lowest BCUT2D eigenvalue weighted by molar-refractivity contribution is -0.139. The van der Waals surface area contributed by atoms with Gasteiger partial charge < -0.3 is 42.4 Å². The van der Waals surface area contributed by atoms with Crippen LogP contribution in [-0.4, -0.2) is 92.0 Å². The number of rotatable bonds is 40. The molecule has 0 aromatic rings. The number of hydrogen-bond donors (Lipinski definition) is 8. The predicted molar refractivity (Wildman–Crippen MR) is 220 cm³/mol. The molecule has 0 aliphatic carbocycles. The average Bonchev–Trinajstić information content (AvgIpc) is 3.15. The fourth-order valence-electron chi connectivity index (χ4n) is 6.30. The highest BCUT2D eigenvalue weighted by atomic mass is 16.4. The van der Waals surface area contributed by atoms with E-state index < -0.39 is 24.0 Å². The summed E-state index contributed by atoms with van der Waals surface area (Å²) in [4.78, 5) is 69.9. The van der Waals surface area contributed by atoms with Crippen molar-refractivity contribution in [3.63, 3.8) is 0 Å². The van der Waals surface area contributed by atoms with E-state index in [1.807, 2.05) is 0 Å². The lowest BCUT2D eigenvalue weighted by Crippen LogP contribution is -2.41. The van der Waals surface area contributed by atoms with E-state index in [2.05, 4.69) is 26.5 Å². The van der Waals surface area contributed by atoms with Crippen LogP contribution in [0.25, 0.3) is 0 Å². The molecule has 15 heteroatoms. The maximum Gasteiger partial charge on any atom is 0.319 e. The van der Waals surface area contributed by atoms with Crippen LogP contribution in [0.5, 0.6) is 0 Å². The van der Waals surface area contributed by atoms with Crippen molar-refractivity contribution in [2.45, 2.75) is 192 Å². The van der Waals surface area contributed by atoms with Crippen LogP contribution in [0.3, 0.4) is 0 Å². The van der Waals surface area contributed by atoms with Gasteiger partial charge in [-0.1, -0.05) is 83.5 Å². The van der Waals surface area contributed by atoms with Crippen molar-refractivity contribution in [1.29, 1.82) is 0 Å². The molecule has 0 saturated carbocycles. The zero-order valence-corrected chi connectivity index (χ0v) is 34.2. The Kier molecular flexibility index (Phi) is 35.5. The van der Waals surface area contributed by atoms with Crippen LogP contribution >= 0.6 is 0 Å². The normalized spacial score (nSPS) is 12.1. The highest BCUT2D eigenvalue weighted by Crippen LogP contribution is 2.14. The first-order valence-electron chi connectivity index (χ1n) is 21.5. The summed E-state index contributed by atoms with van der Waals surface area (Å²) in [7, 11) is 1.62. The third-order valence-electron chi connectivity index (χ3n) is 9.82. The SMILES string of the molecule is BN[C@@H](CCCCNC(=O)CCCCCNC(=O)[C@@H](N)CCCCNC(=O)CCCNC(=O)CCCCCCCCCCCCCCCCC(=O)O)C(=O)O. The first kappa shape index (κ1) is 51.8. The Morgan fingerprint density at radius 2 is 0.782 bits per heavy atom. The molecule has 0 aromatic heterocycles. The van der Waals surface area contributed by atoms with E-state index in [-0.39, 0.29) is 23.6 Å². The number of unbranched alkanes of at least 4 members (excludes halogenated alkanes) is 17. The minimum atomic E-state index is -0.867. The molecule has 0 saturated heterocycles. The van der Waals surface area contributed by atoms with Gasteiger partial charge in [0, 0.05) is 51.9 Å². The number of carboxylic acids is 2. The van der Waals surface area contributed by atoms with Crippen LogP contribution in [0.4, 0.5) is 0 Å². The van der Waals surface area contributed by atoms with E-state index in [0.717, 1.165) is 77.0 Å². The quantitative estimate of drug-likeness (QED) is 0.0323. The van der Waals surface area contributed by atoms with Crippen LogP contribution in [-0.2, 0) is 28.8 Å². The van der Waals surface area contributed by atoms with Gasteiger partial charge in [0.2, 0.25) is 23.6 Å². The Bertz CT molecular complexity index is 1040. The number of aliphatic carboxylic acids is 2. The molecule has 0 rings (SSSR count). The number of carbonyl (C=O) groups is 6. The summed E-state index contributed by atoms with van der Waals surface area (Å²) in [6.45, 7) is 2.05. The minimum Gasteiger partial charge on any atom is -0.481 e. The maximum atomic E-state index is 12.3. The van der Waals surface area contributed by atoms with E-state index in [1.54, 1.807) is 7.98 Å². The molecule has 0 bridgehead atoms. The monoisotopic (exact) mass is 781 g/mol. The van der Waals surface area contributed by atoms with Crippen molar-refractivity contribution >= 4 is 43.5 Å². The van der Waals surface area contributed by atoms with E-state index in [9.17, 15) is 28.8 Å². The molecule has 2 atom stereocenters. The number of nitrogens with two attached hydrogens (primary N) is 1. The van der Waals surface area contributed by atoms with Crippen molar-refractivity contribution < 1.29 is 39.0 Å². The largest absolute Gasteiger partial charge is 0.481 e. The van der Waals surface area contributed by atoms with Gasteiger partial charge in [-0.2, -0.15) is 0 Å². The Balaban J connectivity index is 3.53. The fourth-order valence-corrected chi connectivity index (χ4v) is 6.30. The highest BCUT2D eigenvalue weighted by Gasteiger charge is 2.14. The first-order chi connectivity index (χ1) is 26.6. The summed E-state index contributed by atoms with van der Waals surface area (Å²) in [5.41, 5.74) is 6.02. The van der Waals surface area contributed by atoms with Crippen LogP contribution in [0.2, 0.25) is 0 Å². The zero-order valence-electron chi connectivity index (χ0n) is 34.2. The summed E-state index contributed by atoms with van der Waals surface area (Å²) in [6.07, 6.45) is 24.6. The smallest absolute Gasteiger partial charge is 0.319 e. The van der Waals surface area contributed by atoms with Gasteiger partial charge >= 0.3 is 11.9 Å². The van der Waals surface area contributed by atoms with Crippen molar-refractivity contribution in [1.82, 2.24) is 26.5 Å². The molecule has 14 nitrogen and oxygen atoms in total. The summed E-state index contributed by atoms with van der Waals surface area (Å²) >= 11 is 0. The van der Waals surface area contributed by atoms with Gasteiger partial charge in [-0.15, -0.1) is 0 Å². The van der Waals surface area contributed by atoms with Crippen LogP contribution < -0.4 is 32.2 Å². The second kappa shape index (κ2) is 37.7. The van der Waals surface area contributed by atoms with E-state index in [1.165, 1.54) is 51.4 Å². The van der Waals surface area contributed by atoms with Gasteiger partial charge in [0.25, 0.3) is 0 Å². The summed E-state index contributed by atoms with van der Waals surface area (Å²) < 4.78 is 0. The third kappa shape index (κ3) is 36.2. The standard InChI is InChI=1S/C40H77BN6O8/c41-47-34(40(54)55)24-18-21-30-43-35(48)26-15-13-19-31-46-39(53)33(42)23-17-20-29-44-37(50)27-22-32-45-36(49)25-14-11-9-7-5-3-1-2-4-6-8-10-12-16-28-38(51)52/h33-34,47H,1-32,41-42H2,(H,43,48)(H,44,50)(H,45,49)(H,46,53)(H,51,52)(H,54,55)/t33-,34-/m0/s1. The first-order valence-corrected chi connectivity index (χ1v) is 21.5. The van der Waals surface area contributed by atoms with E-state index in [4.69, 9.17) is 15.9 Å². The van der Waals surface area contributed by atoms with E-state index in [0.29, 0.717) is 77.5 Å². The van der Waals surface area contributed by atoms with Crippen molar-refractivity contribution in [3.8, 4) is 0 Å². The second-order valence-corrected chi connectivity index (χ2v) is 14.9. The van der Waals surface area contributed by atoms with Gasteiger partial charge in [0.05, 0.1) is 12.1 Å². The summed E-state index contributed by atoms with van der Waals surface area (Å²) in [5.74, 6) is -1.77. The van der Waals surface area contributed by atoms with Gasteiger partial charge in [-0.3, -0.25) is 28.8 Å². The topological polar surface area (TPSA) is 229 Å². The molecule has 9 N–H and O–H groups in total. The molecule has 318 valence electrons. The number of carboxylic acid groups (broad SMARTS) is 2. The molecule has 0 aromatic carbocycles. The van der Waals surface area contributed by atoms with Crippen LogP contribution in [0.1, 0.15) is 180 Å².